The van der Waals surface area contributed by atoms with Gasteiger partial charge in [-0.05, 0) is 31.7 Å². The first-order valence-corrected chi connectivity index (χ1v) is 9.19. The Morgan fingerprint density at radius 3 is 2.79 bits per heavy atom. The van der Waals surface area contributed by atoms with Crippen molar-refractivity contribution in [1.29, 1.82) is 0 Å². The van der Waals surface area contributed by atoms with Gasteiger partial charge in [-0.3, -0.25) is 4.72 Å². The van der Waals surface area contributed by atoms with Crippen molar-refractivity contribution in [3.8, 4) is 0 Å². The van der Waals surface area contributed by atoms with Crippen molar-refractivity contribution in [1.82, 2.24) is 10.3 Å². The number of thiazole rings is 1. The number of anilines is 1. The minimum atomic E-state index is -3.27. The molecule has 2 rings (SSSR count). The van der Waals surface area contributed by atoms with Crippen LogP contribution in [0.4, 0.5) is 5.13 Å². The van der Waals surface area contributed by atoms with Gasteiger partial charge >= 0.3 is 0 Å². The van der Waals surface area contributed by atoms with Gasteiger partial charge in [0.15, 0.2) is 5.13 Å². The predicted octanol–water partition coefficient (Wildman–Crippen LogP) is 2.15. The molecule has 0 saturated heterocycles. The van der Waals surface area contributed by atoms with Crippen LogP contribution in [0.3, 0.4) is 0 Å². The third kappa shape index (κ3) is 5.08. The van der Waals surface area contributed by atoms with E-state index in [9.17, 15) is 8.42 Å². The first-order chi connectivity index (χ1) is 8.96. The van der Waals surface area contributed by atoms with Crippen molar-refractivity contribution in [3.63, 3.8) is 0 Å². The molecule has 1 aromatic heterocycles. The zero-order valence-electron chi connectivity index (χ0n) is 11.3. The molecule has 5 nitrogen and oxygen atoms in total. The minimum Gasteiger partial charge on any atom is -0.314 e. The molecule has 0 aliphatic heterocycles. The molecule has 0 atom stereocenters. The van der Waals surface area contributed by atoms with Gasteiger partial charge in [0.1, 0.15) is 0 Å². The van der Waals surface area contributed by atoms with Crippen molar-refractivity contribution < 1.29 is 8.42 Å². The molecule has 1 aromatic rings. The standard InChI is InChI=1S/C12H21N3O2S2/c1-9(2)11-8-18-12(14-11)15-19(16,17)7-3-6-13-10-4-5-10/h8-10,13H,3-7H2,1-2H3,(H,14,15). The minimum absolute atomic E-state index is 0.142. The molecule has 1 aliphatic carbocycles. The second-order valence-corrected chi connectivity index (χ2v) is 7.94. The van der Waals surface area contributed by atoms with Crippen LogP contribution < -0.4 is 10.0 Å². The number of hydrogen-bond donors (Lipinski definition) is 2. The summed E-state index contributed by atoms with van der Waals surface area (Å²) in [6.07, 6.45) is 3.08. The number of rotatable bonds is 8. The Labute approximate surface area is 118 Å². The topological polar surface area (TPSA) is 71.1 Å². The van der Waals surface area contributed by atoms with E-state index >= 15 is 0 Å². The molecule has 0 aromatic carbocycles. The van der Waals surface area contributed by atoms with E-state index in [1.54, 1.807) is 0 Å². The summed E-state index contributed by atoms with van der Waals surface area (Å²) in [4.78, 5) is 4.27. The summed E-state index contributed by atoms with van der Waals surface area (Å²) in [6.45, 7) is 4.84. The second kappa shape index (κ2) is 6.19. The van der Waals surface area contributed by atoms with Gasteiger partial charge < -0.3 is 5.32 Å². The van der Waals surface area contributed by atoms with Crippen molar-refractivity contribution in [2.24, 2.45) is 0 Å². The molecule has 1 heterocycles. The predicted molar refractivity (Wildman–Crippen MR) is 79.3 cm³/mol. The van der Waals surface area contributed by atoms with Crippen LogP contribution in [0.2, 0.25) is 0 Å². The van der Waals surface area contributed by atoms with Crippen LogP contribution >= 0.6 is 11.3 Å². The summed E-state index contributed by atoms with van der Waals surface area (Å²) >= 11 is 1.34. The fraction of sp³-hybridized carbons (Fsp3) is 0.750. The van der Waals surface area contributed by atoms with Gasteiger partial charge in [0.2, 0.25) is 10.0 Å². The molecule has 19 heavy (non-hydrogen) atoms. The van der Waals surface area contributed by atoms with E-state index < -0.39 is 10.0 Å². The molecule has 0 spiro atoms. The lowest BCUT2D eigenvalue weighted by Gasteiger charge is -2.06. The van der Waals surface area contributed by atoms with Gasteiger partial charge in [-0.2, -0.15) is 0 Å². The maximum absolute atomic E-state index is 11.9. The molecule has 2 N–H and O–H groups in total. The van der Waals surface area contributed by atoms with Crippen LogP contribution in [0.15, 0.2) is 5.38 Å². The van der Waals surface area contributed by atoms with Gasteiger partial charge in [-0.1, -0.05) is 13.8 Å². The number of sulfonamides is 1. The van der Waals surface area contributed by atoms with E-state index in [1.165, 1.54) is 24.2 Å². The maximum Gasteiger partial charge on any atom is 0.234 e. The molecule has 1 aliphatic rings. The van der Waals surface area contributed by atoms with Crippen LogP contribution in [0.5, 0.6) is 0 Å². The van der Waals surface area contributed by atoms with E-state index in [4.69, 9.17) is 0 Å². The fourth-order valence-corrected chi connectivity index (χ4v) is 3.86. The highest BCUT2D eigenvalue weighted by atomic mass is 32.2. The molecular formula is C12H21N3O2S2. The highest BCUT2D eigenvalue weighted by Crippen LogP contribution is 2.22. The Morgan fingerprint density at radius 2 is 2.21 bits per heavy atom. The zero-order valence-corrected chi connectivity index (χ0v) is 13.0. The Kier molecular flexibility index (Phi) is 4.81. The van der Waals surface area contributed by atoms with Crippen LogP contribution in [-0.4, -0.2) is 31.7 Å². The van der Waals surface area contributed by atoms with Gasteiger partial charge in [0, 0.05) is 11.4 Å². The van der Waals surface area contributed by atoms with E-state index in [0.29, 0.717) is 23.5 Å². The SMILES string of the molecule is CC(C)c1csc(NS(=O)(=O)CCCNC2CC2)n1. The fourth-order valence-electron chi connectivity index (χ4n) is 1.64. The Bertz CT molecular complexity index is 507. The van der Waals surface area contributed by atoms with Gasteiger partial charge in [-0.15, -0.1) is 11.3 Å². The first kappa shape index (κ1) is 14.7. The normalized spacial score (nSPS) is 15.9. The van der Waals surface area contributed by atoms with Gasteiger partial charge in [0.05, 0.1) is 11.4 Å². The van der Waals surface area contributed by atoms with Crippen molar-refractivity contribution in [2.75, 3.05) is 17.0 Å². The summed E-state index contributed by atoms with van der Waals surface area (Å²) < 4.78 is 26.3. The molecular weight excluding hydrogens is 282 g/mol. The third-order valence-electron chi connectivity index (χ3n) is 2.96. The quantitative estimate of drug-likeness (QED) is 0.722. The van der Waals surface area contributed by atoms with E-state index in [-0.39, 0.29) is 5.75 Å². The lowest BCUT2D eigenvalue weighted by Crippen LogP contribution is -2.23. The second-order valence-electron chi connectivity index (χ2n) is 5.24. The van der Waals surface area contributed by atoms with Crippen LogP contribution in [0.1, 0.15) is 44.7 Å². The largest absolute Gasteiger partial charge is 0.314 e. The number of nitrogens with one attached hydrogen (secondary N) is 2. The molecule has 0 bridgehead atoms. The molecule has 7 heteroatoms. The van der Waals surface area contributed by atoms with Crippen LogP contribution in [-0.2, 0) is 10.0 Å². The molecule has 108 valence electrons. The smallest absolute Gasteiger partial charge is 0.234 e. The van der Waals surface area contributed by atoms with Crippen molar-refractivity contribution in [2.45, 2.75) is 45.1 Å². The van der Waals surface area contributed by atoms with Gasteiger partial charge in [-0.25, -0.2) is 13.4 Å². The zero-order chi connectivity index (χ0) is 13.9. The Hall–Kier alpha value is -0.660. The van der Waals surface area contributed by atoms with Crippen molar-refractivity contribution in [3.05, 3.63) is 11.1 Å². The lowest BCUT2D eigenvalue weighted by atomic mass is 10.2. The number of aromatic nitrogens is 1. The molecule has 1 saturated carbocycles. The first-order valence-electron chi connectivity index (χ1n) is 6.65. The lowest BCUT2D eigenvalue weighted by molar-refractivity contribution is 0.593. The monoisotopic (exact) mass is 303 g/mol. The summed E-state index contributed by atoms with van der Waals surface area (Å²) in [5, 5.41) is 5.68. The molecule has 0 unspecified atom stereocenters. The van der Waals surface area contributed by atoms with E-state index in [1.807, 2.05) is 19.2 Å². The third-order valence-corrected chi connectivity index (χ3v) is 5.19. The average molecular weight is 303 g/mol. The summed E-state index contributed by atoms with van der Waals surface area (Å²) in [6, 6.07) is 0.628. The summed E-state index contributed by atoms with van der Waals surface area (Å²) in [7, 11) is -3.27. The van der Waals surface area contributed by atoms with Gasteiger partial charge in [0.25, 0.3) is 0 Å². The highest BCUT2D eigenvalue weighted by Gasteiger charge is 2.20. The molecule has 0 amide bonds. The Balaban J connectivity index is 1.77. The maximum atomic E-state index is 11.9. The molecule has 0 radical (unpaired) electrons. The van der Waals surface area contributed by atoms with E-state index in [0.717, 1.165) is 12.2 Å². The highest BCUT2D eigenvalue weighted by molar-refractivity contribution is 7.92. The number of hydrogen-bond acceptors (Lipinski definition) is 5. The number of nitrogens with zero attached hydrogens (tertiary/aromatic N) is 1. The van der Waals surface area contributed by atoms with Crippen LogP contribution in [0, 0.1) is 0 Å². The Morgan fingerprint density at radius 1 is 1.47 bits per heavy atom. The average Bonchev–Trinajstić information content (AvgIpc) is 3.03. The van der Waals surface area contributed by atoms with Crippen LogP contribution in [0.25, 0.3) is 0 Å². The molecule has 1 fully saturated rings. The van der Waals surface area contributed by atoms with E-state index in [2.05, 4.69) is 15.0 Å². The van der Waals surface area contributed by atoms with Crippen molar-refractivity contribution >= 4 is 26.5 Å². The summed E-state index contributed by atoms with van der Waals surface area (Å²) in [5.41, 5.74) is 0.929. The summed E-state index contributed by atoms with van der Waals surface area (Å²) in [5.74, 6) is 0.459.